The summed E-state index contributed by atoms with van der Waals surface area (Å²) in [6.07, 6.45) is 0.188. The summed E-state index contributed by atoms with van der Waals surface area (Å²) in [5, 5.41) is 9.17. The van der Waals surface area contributed by atoms with Crippen molar-refractivity contribution >= 4 is 29.5 Å². The standard InChI is InChI=1S/C13H20N2O4S/c1-7(2)12-15(9(6-20-12)13(18)19)11(17)8-4-10(16)14(3)5-8/h7-9,12H,4-6H2,1-3H3,(H,18,19). The van der Waals surface area contributed by atoms with Gasteiger partial charge in [0.1, 0.15) is 6.04 Å². The normalized spacial score (nSPS) is 30.4. The van der Waals surface area contributed by atoms with Gasteiger partial charge in [0.05, 0.1) is 11.3 Å². The Bertz CT molecular complexity index is 440. The smallest absolute Gasteiger partial charge is 0.327 e. The minimum Gasteiger partial charge on any atom is -0.480 e. The van der Waals surface area contributed by atoms with Gasteiger partial charge in [-0.05, 0) is 5.92 Å². The molecule has 0 aromatic rings. The van der Waals surface area contributed by atoms with Crippen LogP contribution in [0.5, 0.6) is 0 Å². The lowest BCUT2D eigenvalue weighted by Gasteiger charge is -2.31. The molecule has 2 aliphatic heterocycles. The fourth-order valence-corrected chi connectivity index (χ4v) is 4.23. The average Bonchev–Trinajstić information content (AvgIpc) is 2.93. The molecule has 2 rings (SSSR count). The van der Waals surface area contributed by atoms with E-state index in [-0.39, 0.29) is 29.5 Å². The van der Waals surface area contributed by atoms with Crippen LogP contribution in [0.4, 0.5) is 0 Å². The van der Waals surface area contributed by atoms with Crippen molar-refractivity contribution in [1.29, 1.82) is 0 Å². The average molecular weight is 300 g/mol. The highest BCUT2D eigenvalue weighted by Gasteiger charge is 2.46. The van der Waals surface area contributed by atoms with Gasteiger partial charge in [-0.3, -0.25) is 9.59 Å². The molecule has 0 aliphatic carbocycles. The Balaban J connectivity index is 2.19. The van der Waals surface area contributed by atoms with Gasteiger partial charge in [-0.25, -0.2) is 4.79 Å². The number of hydrogen-bond donors (Lipinski definition) is 1. The summed E-state index contributed by atoms with van der Waals surface area (Å²) in [6.45, 7) is 4.35. The van der Waals surface area contributed by atoms with E-state index in [1.54, 1.807) is 7.05 Å². The monoisotopic (exact) mass is 300 g/mol. The molecule has 20 heavy (non-hydrogen) atoms. The number of nitrogens with zero attached hydrogens (tertiary/aromatic N) is 2. The molecule has 0 aromatic carbocycles. The summed E-state index contributed by atoms with van der Waals surface area (Å²) < 4.78 is 0. The molecule has 3 atom stereocenters. The van der Waals surface area contributed by atoms with Gasteiger partial charge in [-0.2, -0.15) is 0 Å². The number of thioether (sulfide) groups is 1. The Kier molecular flexibility index (Phi) is 4.27. The van der Waals surface area contributed by atoms with Crippen LogP contribution in [0.1, 0.15) is 20.3 Å². The van der Waals surface area contributed by atoms with Gasteiger partial charge in [0.25, 0.3) is 0 Å². The number of hydrogen-bond acceptors (Lipinski definition) is 4. The molecular weight excluding hydrogens is 280 g/mol. The zero-order chi connectivity index (χ0) is 15.0. The molecule has 0 aromatic heterocycles. The highest BCUT2D eigenvalue weighted by molar-refractivity contribution is 8.00. The Morgan fingerprint density at radius 2 is 2.05 bits per heavy atom. The summed E-state index contributed by atoms with van der Waals surface area (Å²) in [7, 11) is 1.67. The lowest BCUT2D eigenvalue weighted by molar-refractivity contribution is -0.151. The van der Waals surface area contributed by atoms with Crippen LogP contribution >= 0.6 is 11.8 Å². The number of carboxylic acid groups (broad SMARTS) is 1. The molecular formula is C13H20N2O4S. The van der Waals surface area contributed by atoms with Crippen molar-refractivity contribution in [3.8, 4) is 0 Å². The van der Waals surface area contributed by atoms with Gasteiger partial charge >= 0.3 is 5.97 Å². The van der Waals surface area contributed by atoms with E-state index in [0.717, 1.165) is 0 Å². The van der Waals surface area contributed by atoms with Crippen molar-refractivity contribution in [3.63, 3.8) is 0 Å². The van der Waals surface area contributed by atoms with Gasteiger partial charge < -0.3 is 14.9 Å². The summed E-state index contributed by atoms with van der Waals surface area (Å²) in [5.41, 5.74) is 0. The molecule has 2 amide bonds. The Hall–Kier alpha value is -1.24. The zero-order valence-corrected chi connectivity index (χ0v) is 12.7. The molecule has 2 aliphatic rings. The van der Waals surface area contributed by atoms with Crippen LogP contribution in [-0.2, 0) is 14.4 Å². The lowest BCUT2D eigenvalue weighted by Crippen LogP contribution is -2.49. The zero-order valence-electron chi connectivity index (χ0n) is 11.9. The first-order valence-corrected chi connectivity index (χ1v) is 7.78. The quantitative estimate of drug-likeness (QED) is 0.820. The van der Waals surface area contributed by atoms with Crippen LogP contribution in [0, 0.1) is 11.8 Å². The van der Waals surface area contributed by atoms with Crippen LogP contribution in [-0.4, -0.2) is 63.5 Å². The number of aliphatic carboxylic acids is 1. The molecule has 0 bridgehead atoms. The van der Waals surface area contributed by atoms with Crippen molar-refractivity contribution in [1.82, 2.24) is 9.80 Å². The van der Waals surface area contributed by atoms with E-state index in [0.29, 0.717) is 12.3 Å². The van der Waals surface area contributed by atoms with Gasteiger partial charge in [0.15, 0.2) is 0 Å². The Morgan fingerprint density at radius 3 is 2.50 bits per heavy atom. The third-order valence-electron chi connectivity index (χ3n) is 3.83. The first kappa shape index (κ1) is 15.2. The van der Waals surface area contributed by atoms with E-state index in [4.69, 9.17) is 0 Å². The molecule has 0 radical (unpaired) electrons. The molecule has 2 heterocycles. The van der Waals surface area contributed by atoms with Crippen LogP contribution in [0.2, 0.25) is 0 Å². The number of carbonyl (C=O) groups is 3. The number of carbonyl (C=O) groups excluding carboxylic acids is 2. The van der Waals surface area contributed by atoms with E-state index in [1.807, 2.05) is 13.8 Å². The van der Waals surface area contributed by atoms with Crippen LogP contribution in [0.25, 0.3) is 0 Å². The predicted octanol–water partition coefficient (Wildman–Crippen LogP) is 0.475. The third kappa shape index (κ3) is 2.63. The lowest BCUT2D eigenvalue weighted by atomic mass is 10.0. The SMILES string of the molecule is CC(C)C1SCC(C(=O)O)N1C(=O)C1CC(=O)N(C)C1. The summed E-state index contributed by atoms with van der Waals surface area (Å²) in [5.74, 6) is -1.02. The largest absolute Gasteiger partial charge is 0.480 e. The predicted molar refractivity (Wildman–Crippen MR) is 75.1 cm³/mol. The highest BCUT2D eigenvalue weighted by Crippen LogP contribution is 2.36. The molecule has 2 saturated heterocycles. The van der Waals surface area contributed by atoms with E-state index in [9.17, 15) is 19.5 Å². The Morgan fingerprint density at radius 1 is 1.40 bits per heavy atom. The van der Waals surface area contributed by atoms with Crippen LogP contribution in [0.15, 0.2) is 0 Å². The summed E-state index contributed by atoms with van der Waals surface area (Å²) in [6, 6.07) is -0.777. The van der Waals surface area contributed by atoms with Crippen molar-refractivity contribution in [2.24, 2.45) is 11.8 Å². The minimum atomic E-state index is -0.966. The van der Waals surface area contributed by atoms with E-state index >= 15 is 0 Å². The summed E-state index contributed by atoms with van der Waals surface area (Å²) >= 11 is 1.51. The number of amides is 2. The highest BCUT2D eigenvalue weighted by atomic mass is 32.2. The topological polar surface area (TPSA) is 77.9 Å². The van der Waals surface area contributed by atoms with Crippen molar-refractivity contribution in [2.75, 3.05) is 19.3 Å². The van der Waals surface area contributed by atoms with Gasteiger partial charge in [0.2, 0.25) is 11.8 Å². The molecule has 0 spiro atoms. The van der Waals surface area contributed by atoms with Crippen LogP contribution < -0.4 is 0 Å². The van der Waals surface area contributed by atoms with Crippen molar-refractivity contribution in [2.45, 2.75) is 31.7 Å². The fraction of sp³-hybridized carbons (Fsp3) is 0.769. The molecule has 0 saturated carbocycles. The minimum absolute atomic E-state index is 0.0526. The number of carboxylic acids is 1. The first-order chi connectivity index (χ1) is 9.32. The van der Waals surface area contributed by atoms with E-state index in [2.05, 4.69) is 0 Å². The van der Waals surface area contributed by atoms with E-state index < -0.39 is 17.9 Å². The molecule has 7 heteroatoms. The van der Waals surface area contributed by atoms with Crippen LogP contribution in [0.3, 0.4) is 0 Å². The molecule has 1 N–H and O–H groups in total. The maximum absolute atomic E-state index is 12.6. The number of rotatable bonds is 3. The Labute approximate surface area is 122 Å². The van der Waals surface area contributed by atoms with Crippen molar-refractivity contribution in [3.05, 3.63) is 0 Å². The molecule has 6 nitrogen and oxygen atoms in total. The molecule has 112 valence electrons. The third-order valence-corrected chi connectivity index (χ3v) is 5.46. The fourth-order valence-electron chi connectivity index (χ4n) is 2.75. The second-order valence-corrected chi connectivity index (χ2v) is 6.89. The maximum Gasteiger partial charge on any atom is 0.327 e. The summed E-state index contributed by atoms with van der Waals surface area (Å²) in [4.78, 5) is 38.6. The molecule has 3 unspecified atom stereocenters. The van der Waals surface area contributed by atoms with Crippen molar-refractivity contribution < 1.29 is 19.5 Å². The first-order valence-electron chi connectivity index (χ1n) is 6.73. The molecule has 2 fully saturated rings. The number of likely N-dealkylation sites (tertiary alicyclic amines) is 1. The van der Waals surface area contributed by atoms with Gasteiger partial charge in [0, 0.05) is 25.8 Å². The second-order valence-electron chi connectivity index (χ2n) is 5.74. The van der Waals surface area contributed by atoms with Gasteiger partial charge in [-0.1, -0.05) is 13.8 Å². The second kappa shape index (κ2) is 5.63. The van der Waals surface area contributed by atoms with E-state index in [1.165, 1.54) is 21.6 Å². The maximum atomic E-state index is 12.6. The van der Waals surface area contributed by atoms with Gasteiger partial charge in [-0.15, -0.1) is 11.8 Å².